The van der Waals surface area contributed by atoms with Crippen LogP contribution in [0.4, 0.5) is 11.4 Å². The van der Waals surface area contributed by atoms with Crippen LogP contribution in [0.3, 0.4) is 0 Å². The van der Waals surface area contributed by atoms with Gasteiger partial charge in [-0.15, -0.1) is 0 Å². The van der Waals surface area contributed by atoms with Crippen LogP contribution in [0.15, 0.2) is 30.6 Å². The average molecular weight is 255 g/mol. The number of ether oxygens (including phenoxy) is 1. The van der Waals surface area contributed by atoms with Crippen molar-refractivity contribution in [2.45, 2.75) is 37.5 Å². The molecule has 2 aromatic rings. The number of anilines is 2. The number of rotatable bonds is 2. The van der Waals surface area contributed by atoms with Crippen molar-refractivity contribution in [1.82, 2.24) is 4.98 Å². The maximum absolute atomic E-state index is 6.00. The fourth-order valence-electron chi connectivity index (χ4n) is 3.33. The molecule has 2 fully saturated rings. The van der Waals surface area contributed by atoms with E-state index in [0.29, 0.717) is 18.2 Å². The molecule has 2 saturated heterocycles. The van der Waals surface area contributed by atoms with Crippen LogP contribution >= 0.6 is 0 Å². The summed E-state index contributed by atoms with van der Waals surface area (Å²) in [7, 11) is 0. The predicted molar refractivity (Wildman–Crippen MR) is 76.1 cm³/mol. The zero-order valence-electron chi connectivity index (χ0n) is 10.7. The van der Waals surface area contributed by atoms with Crippen LogP contribution in [0.5, 0.6) is 0 Å². The van der Waals surface area contributed by atoms with Crippen LogP contribution in [-0.2, 0) is 4.74 Å². The number of fused-ring (bicyclic) bond motifs is 3. The van der Waals surface area contributed by atoms with Crippen molar-refractivity contribution in [3.05, 3.63) is 30.6 Å². The number of nitrogens with zero attached hydrogens (tertiary/aromatic N) is 1. The van der Waals surface area contributed by atoms with Gasteiger partial charge >= 0.3 is 0 Å². The molecule has 0 saturated carbocycles. The molecule has 2 aliphatic heterocycles. The lowest BCUT2D eigenvalue weighted by atomic mass is 9.95. The average Bonchev–Trinajstić information content (AvgIpc) is 3.05. The van der Waals surface area contributed by atoms with Gasteiger partial charge < -0.3 is 15.8 Å². The largest absolute Gasteiger partial charge is 0.398 e. The molecule has 3 heterocycles. The molecule has 3 unspecified atom stereocenters. The molecule has 0 radical (unpaired) electrons. The van der Waals surface area contributed by atoms with E-state index in [1.165, 1.54) is 12.8 Å². The summed E-state index contributed by atoms with van der Waals surface area (Å²) in [5, 5.41) is 5.78. The van der Waals surface area contributed by atoms with Gasteiger partial charge in [0.05, 0.1) is 18.2 Å². The number of nitrogens with one attached hydrogen (secondary N) is 1. The van der Waals surface area contributed by atoms with Crippen LogP contribution in [-0.4, -0.2) is 23.2 Å². The monoisotopic (exact) mass is 255 g/mol. The number of nitrogens with two attached hydrogens (primary N) is 1. The number of nitrogen functional groups attached to an aromatic ring is 1. The van der Waals surface area contributed by atoms with Crippen LogP contribution in [0, 0.1) is 0 Å². The molecule has 3 atom stereocenters. The molecule has 1 aromatic heterocycles. The highest BCUT2D eigenvalue weighted by Gasteiger charge is 2.40. The van der Waals surface area contributed by atoms with Crippen molar-refractivity contribution in [2.24, 2.45) is 0 Å². The molecule has 1 aromatic carbocycles. The maximum Gasteiger partial charge on any atom is 0.0781 e. The molecule has 0 spiro atoms. The van der Waals surface area contributed by atoms with Crippen LogP contribution in [0.25, 0.3) is 10.8 Å². The van der Waals surface area contributed by atoms with E-state index >= 15 is 0 Å². The first kappa shape index (κ1) is 11.1. The second kappa shape index (κ2) is 4.10. The van der Waals surface area contributed by atoms with Crippen molar-refractivity contribution < 1.29 is 4.74 Å². The standard InChI is InChI=1S/C15H17N3O/c16-12-2-3-13(10-5-6-17-8-11(10)12)18-14-7-9-1-4-15(14)19-9/h2-3,5-6,8-9,14-15,18H,1,4,7,16H2. The Balaban J connectivity index is 1.70. The highest BCUT2D eigenvalue weighted by atomic mass is 16.5. The lowest BCUT2D eigenvalue weighted by molar-refractivity contribution is 0.102. The molecule has 2 aliphatic rings. The van der Waals surface area contributed by atoms with Crippen molar-refractivity contribution in [2.75, 3.05) is 11.1 Å². The summed E-state index contributed by atoms with van der Waals surface area (Å²) < 4.78 is 5.89. The SMILES string of the molecule is Nc1ccc(NC2CC3CCC2O3)c2ccncc12. The Kier molecular flexibility index (Phi) is 2.38. The fraction of sp³-hybridized carbons (Fsp3) is 0.400. The van der Waals surface area contributed by atoms with Crippen molar-refractivity contribution >= 4 is 22.1 Å². The van der Waals surface area contributed by atoms with E-state index in [1.807, 2.05) is 24.5 Å². The van der Waals surface area contributed by atoms with Crippen LogP contribution in [0.1, 0.15) is 19.3 Å². The molecule has 2 bridgehead atoms. The normalized spacial score (nSPS) is 28.9. The Hall–Kier alpha value is -1.81. The van der Waals surface area contributed by atoms with E-state index in [2.05, 4.69) is 16.4 Å². The van der Waals surface area contributed by atoms with Gasteiger partial charge in [-0.2, -0.15) is 0 Å². The second-order valence-electron chi connectivity index (χ2n) is 5.48. The third-order valence-electron chi connectivity index (χ3n) is 4.30. The Bertz CT molecular complexity index is 628. The maximum atomic E-state index is 6.00. The Morgan fingerprint density at radius 1 is 1.21 bits per heavy atom. The Morgan fingerprint density at radius 2 is 2.16 bits per heavy atom. The molecule has 4 heteroatoms. The number of hydrogen-bond donors (Lipinski definition) is 2. The Labute approximate surface area is 112 Å². The van der Waals surface area contributed by atoms with E-state index in [4.69, 9.17) is 10.5 Å². The molecule has 4 rings (SSSR count). The lowest BCUT2D eigenvalue weighted by Gasteiger charge is -2.22. The summed E-state index contributed by atoms with van der Waals surface area (Å²) in [4.78, 5) is 4.15. The van der Waals surface area contributed by atoms with Crippen molar-refractivity contribution in [3.8, 4) is 0 Å². The van der Waals surface area contributed by atoms with Gasteiger partial charge in [0.15, 0.2) is 0 Å². The van der Waals surface area contributed by atoms with E-state index in [9.17, 15) is 0 Å². The van der Waals surface area contributed by atoms with E-state index in [0.717, 1.165) is 28.6 Å². The first-order valence-corrected chi connectivity index (χ1v) is 6.85. The third-order valence-corrected chi connectivity index (χ3v) is 4.30. The number of hydrogen-bond acceptors (Lipinski definition) is 4. The topological polar surface area (TPSA) is 60.2 Å². The van der Waals surface area contributed by atoms with Gasteiger partial charge in [0.1, 0.15) is 0 Å². The van der Waals surface area contributed by atoms with Gasteiger partial charge in [-0.05, 0) is 37.5 Å². The molecular weight excluding hydrogens is 238 g/mol. The van der Waals surface area contributed by atoms with E-state index in [-0.39, 0.29) is 0 Å². The minimum Gasteiger partial charge on any atom is -0.398 e. The molecule has 19 heavy (non-hydrogen) atoms. The molecule has 98 valence electrons. The molecular formula is C15H17N3O. The summed E-state index contributed by atoms with van der Waals surface area (Å²) in [6.45, 7) is 0. The van der Waals surface area contributed by atoms with E-state index < -0.39 is 0 Å². The molecule has 3 N–H and O–H groups in total. The fourth-order valence-corrected chi connectivity index (χ4v) is 3.33. The van der Waals surface area contributed by atoms with E-state index in [1.54, 1.807) is 0 Å². The van der Waals surface area contributed by atoms with Gasteiger partial charge in [0, 0.05) is 34.5 Å². The highest BCUT2D eigenvalue weighted by molar-refractivity contribution is 6.00. The summed E-state index contributed by atoms with van der Waals surface area (Å²) in [6, 6.07) is 6.45. The summed E-state index contributed by atoms with van der Waals surface area (Å²) in [6.07, 6.45) is 7.98. The zero-order chi connectivity index (χ0) is 12.8. The number of aromatic nitrogens is 1. The second-order valence-corrected chi connectivity index (χ2v) is 5.48. The Morgan fingerprint density at radius 3 is 2.95 bits per heavy atom. The minimum absolute atomic E-state index is 0.374. The summed E-state index contributed by atoms with van der Waals surface area (Å²) >= 11 is 0. The third kappa shape index (κ3) is 1.75. The number of pyridine rings is 1. The molecule has 0 aliphatic carbocycles. The minimum atomic E-state index is 0.374. The van der Waals surface area contributed by atoms with Gasteiger partial charge in [0.2, 0.25) is 0 Å². The first-order chi connectivity index (χ1) is 9.31. The van der Waals surface area contributed by atoms with Gasteiger partial charge in [-0.25, -0.2) is 0 Å². The molecule has 4 nitrogen and oxygen atoms in total. The van der Waals surface area contributed by atoms with Crippen LogP contribution < -0.4 is 11.1 Å². The van der Waals surface area contributed by atoms with Crippen molar-refractivity contribution in [1.29, 1.82) is 0 Å². The summed E-state index contributed by atoms with van der Waals surface area (Å²) in [5.41, 5.74) is 7.91. The first-order valence-electron chi connectivity index (χ1n) is 6.85. The zero-order valence-corrected chi connectivity index (χ0v) is 10.7. The smallest absolute Gasteiger partial charge is 0.0781 e. The lowest BCUT2D eigenvalue weighted by Crippen LogP contribution is -2.30. The van der Waals surface area contributed by atoms with Gasteiger partial charge in [-0.3, -0.25) is 4.98 Å². The van der Waals surface area contributed by atoms with Crippen LogP contribution in [0.2, 0.25) is 0 Å². The summed E-state index contributed by atoms with van der Waals surface area (Å²) in [5.74, 6) is 0. The van der Waals surface area contributed by atoms with Gasteiger partial charge in [0.25, 0.3) is 0 Å². The highest BCUT2D eigenvalue weighted by Crippen LogP contribution is 2.37. The number of benzene rings is 1. The van der Waals surface area contributed by atoms with Gasteiger partial charge in [-0.1, -0.05) is 0 Å². The van der Waals surface area contributed by atoms with Crippen molar-refractivity contribution in [3.63, 3.8) is 0 Å². The molecule has 0 amide bonds. The predicted octanol–water partition coefficient (Wildman–Crippen LogP) is 2.55. The quantitative estimate of drug-likeness (QED) is 0.810.